The van der Waals surface area contributed by atoms with Crippen LogP contribution in [-0.4, -0.2) is 46.2 Å². The predicted molar refractivity (Wildman–Crippen MR) is 108 cm³/mol. The van der Waals surface area contributed by atoms with E-state index in [0.717, 1.165) is 74.7 Å². The first kappa shape index (κ1) is 18.1. The van der Waals surface area contributed by atoms with E-state index in [-0.39, 0.29) is 5.41 Å². The zero-order valence-corrected chi connectivity index (χ0v) is 17.3. The van der Waals surface area contributed by atoms with Gasteiger partial charge in [0.1, 0.15) is 23.6 Å². The molecule has 28 heavy (non-hydrogen) atoms. The molecule has 3 aliphatic rings. The van der Waals surface area contributed by atoms with Crippen molar-refractivity contribution in [2.24, 2.45) is 11.8 Å². The zero-order chi connectivity index (χ0) is 19.3. The van der Waals surface area contributed by atoms with Crippen molar-refractivity contribution in [1.82, 2.24) is 20.0 Å². The van der Waals surface area contributed by atoms with Gasteiger partial charge >= 0.3 is 0 Å². The van der Waals surface area contributed by atoms with E-state index < -0.39 is 0 Å². The van der Waals surface area contributed by atoms with E-state index in [2.05, 4.69) is 51.8 Å². The lowest BCUT2D eigenvalue weighted by atomic mass is 9.92. The van der Waals surface area contributed by atoms with Crippen LogP contribution in [0.1, 0.15) is 56.3 Å². The van der Waals surface area contributed by atoms with Gasteiger partial charge in [-0.3, -0.25) is 4.90 Å². The molecule has 0 saturated carbocycles. The summed E-state index contributed by atoms with van der Waals surface area (Å²) in [6.45, 7) is 12.1. The average Bonchev–Trinajstić information content (AvgIpc) is 3.35. The van der Waals surface area contributed by atoms with Gasteiger partial charge in [-0.2, -0.15) is 0 Å². The van der Waals surface area contributed by atoms with Crippen molar-refractivity contribution in [2.45, 2.75) is 58.4 Å². The number of likely N-dealkylation sites (tertiary alicyclic amines) is 1. The number of hydrogen-bond acceptors (Lipinski definition) is 6. The SMILES string of the molecule is CC(C)(C)c1cc(N2CC3CN(Cc4noc5c4CCCC5)CC3C2)ncn1. The van der Waals surface area contributed by atoms with E-state index in [1.165, 1.54) is 24.1 Å². The zero-order valence-electron chi connectivity index (χ0n) is 17.3. The van der Waals surface area contributed by atoms with Gasteiger partial charge in [0.15, 0.2) is 0 Å². The Morgan fingerprint density at radius 1 is 1.04 bits per heavy atom. The Hall–Kier alpha value is -1.95. The molecule has 2 unspecified atom stereocenters. The summed E-state index contributed by atoms with van der Waals surface area (Å²) in [6.07, 6.45) is 6.46. The topological polar surface area (TPSA) is 58.3 Å². The molecule has 0 spiro atoms. The normalized spacial score (nSPS) is 25.2. The monoisotopic (exact) mass is 381 g/mol. The smallest absolute Gasteiger partial charge is 0.140 e. The molecular formula is C22H31N5O. The standard InChI is InChI=1S/C22H31N5O/c1-22(2,3)20-8-21(24-14-23-20)27-11-15-9-26(10-16(15)12-27)13-18-17-6-4-5-7-19(17)28-25-18/h8,14-16H,4-7,9-13H2,1-3H3. The van der Waals surface area contributed by atoms with Gasteiger partial charge in [-0.1, -0.05) is 25.9 Å². The minimum Gasteiger partial charge on any atom is -0.361 e. The van der Waals surface area contributed by atoms with Crippen molar-refractivity contribution in [3.05, 3.63) is 35.1 Å². The third-order valence-corrected chi connectivity index (χ3v) is 6.71. The van der Waals surface area contributed by atoms with Gasteiger partial charge in [-0.25, -0.2) is 9.97 Å². The van der Waals surface area contributed by atoms with E-state index in [1.54, 1.807) is 6.33 Å². The van der Waals surface area contributed by atoms with Crippen LogP contribution in [0.25, 0.3) is 0 Å². The highest BCUT2D eigenvalue weighted by molar-refractivity contribution is 5.42. The molecule has 2 aromatic heterocycles. The molecular weight excluding hydrogens is 350 g/mol. The minimum absolute atomic E-state index is 0.0564. The molecule has 1 aliphatic carbocycles. The lowest BCUT2D eigenvalue weighted by Crippen LogP contribution is -2.29. The van der Waals surface area contributed by atoms with Crippen molar-refractivity contribution >= 4 is 5.82 Å². The van der Waals surface area contributed by atoms with Gasteiger partial charge in [-0.15, -0.1) is 0 Å². The number of rotatable bonds is 3. The summed E-state index contributed by atoms with van der Waals surface area (Å²) in [5, 5.41) is 4.41. The number of fused-ring (bicyclic) bond motifs is 2. The van der Waals surface area contributed by atoms with Crippen LogP contribution in [0.5, 0.6) is 0 Å². The molecule has 0 aromatic carbocycles. The number of nitrogens with zero attached hydrogens (tertiary/aromatic N) is 5. The number of aryl methyl sites for hydroxylation is 1. The second-order valence-corrected chi connectivity index (χ2v) is 9.87. The summed E-state index contributed by atoms with van der Waals surface area (Å²) in [5.41, 5.74) is 3.77. The summed E-state index contributed by atoms with van der Waals surface area (Å²) in [5.74, 6) is 3.67. The van der Waals surface area contributed by atoms with Crippen LogP contribution in [0.4, 0.5) is 5.82 Å². The Kier molecular flexibility index (Phi) is 4.42. The van der Waals surface area contributed by atoms with Crippen LogP contribution in [0.15, 0.2) is 16.9 Å². The van der Waals surface area contributed by atoms with Crippen molar-refractivity contribution in [2.75, 3.05) is 31.1 Å². The number of anilines is 1. The first-order valence-corrected chi connectivity index (χ1v) is 10.7. The van der Waals surface area contributed by atoms with Crippen LogP contribution in [-0.2, 0) is 24.8 Å². The molecule has 4 heterocycles. The van der Waals surface area contributed by atoms with Crippen molar-refractivity contribution in [3.63, 3.8) is 0 Å². The highest BCUT2D eigenvalue weighted by Crippen LogP contribution is 2.35. The Labute approximate surface area is 167 Å². The second kappa shape index (κ2) is 6.83. The van der Waals surface area contributed by atoms with Gasteiger partial charge in [0, 0.05) is 56.2 Å². The third kappa shape index (κ3) is 3.32. The van der Waals surface area contributed by atoms with Gasteiger partial charge in [0.2, 0.25) is 0 Å². The molecule has 0 amide bonds. The molecule has 2 saturated heterocycles. The van der Waals surface area contributed by atoms with E-state index in [0.29, 0.717) is 0 Å². The maximum atomic E-state index is 5.61. The number of hydrogen-bond donors (Lipinski definition) is 0. The van der Waals surface area contributed by atoms with E-state index in [9.17, 15) is 0 Å². The third-order valence-electron chi connectivity index (χ3n) is 6.71. The summed E-state index contributed by atoms with van der Waals surface area (Å²) >= 11 is 0. The molecule has 2 aromatic rings. The Balaban J connectivity index is 1.23. The first-order valence-electron chi connectivity index (χ1n) is 10.7. The van der Waals surface area contributed by atoms with Gasteiger partial charge in [0.25, 0.3) is 0 Å². The van der Waals surface area contributed by atoms with Gasteiger partial charge in [-0.05, 0) is 31.1 Å². The van der Waals surface area contributed by atoms with Crippen molar-refractivity contribution < 1.29 is 4.52 Å². The lowest BCUT2D eigenvalue weighted by Gasteiger charge is -2.24. The van der Waals surface area contributed by atoms with Crippen molar-refractivity contribution in [1.29, 1.82) is 0 Å². The second-order valence-electron chi connectivity index (χ2n) is 9.87. The van der Waals surface area contributed by atoms with E-state index in [4.69, 9.17) is 4.52 Å². The maximum Gasteiger partial charge on any atom is 0.140 e. The van der Waals surface area contributed by atoms with Gasteiger partial charge in [0.05, 0.1) is 5.69 Å². The van der Waals surface area contributed by atoms with E-state index >= 15 is 0 Å². The first-order chi connectivity index (χ1) is 13.5. The lowest BCUT2D eigenvalue weighted by molar-refractivity contribution is 0.293. The van der Waals surface area contributed by atoms with Crippen LogP contribution >= 0.6 is 0 Å². The predicted octanol–water partition coefficient (Wildman–Crippen LogP) is 3.21. The summed E-state index contributed by atoms with van der Waals surface area (Å²) in [7, 11) is 0. The molecule has 2 atom stereocenters. The quantitative estimate of drug-likeness (QED) is 0.814. The molecule has 5 rings (SSSR count). The summed E-state index contributed by atoms with van der Waals surface area (Å²) < 4.78 is 5.61. The summed E-state index contributed by atoms with van der Waals surface area (Å²) in [4.78, 5) is 14.1. The van der Waals surface area contributed by atoms with Crippen LogP contribution in [0.3, 0.4) is 0 Å². The fourth-order valence-corrected chi connectivity index (χ4v) is 5.12. The number of aromatic nitrogens is 3. The molecule has 0 radical (unpaired) electrons. The highest BCUT2D eigenvalue weighted by atomic mass is 16.5. The fraction of sp³-hybridized carbons (Fsp3) is 0.682. The van der Waals surface area contributed by atoms with Crippen LogP contribution in [0, 0.1) is 11.8 Å². The molecule has 2 aliphatic heterocycles. The minimum atomic E-state index is 0.0564. The molecule has 150 valence electrons. The molecule has 0 N–H and O–H groups in total. The highest BCUT2D eigenvalue weighted by Gasteiger charge is 2.41. The largest absolute Gasteiger partial charge is 0.361 e. The van der Waals surface area contributed by atoms with E-state index in [1.807, 2.05) is 0 Å². The fourth-order valence-electron chi connectivity index (χ4n) is 5.12. The van der Waals surface area contributed by atoms with Crippen LogP contribution < -0.4 is 4.90 Å². The Bertz CT molecular complexity index is 841. The van der Waals surface area contributed by atoms with Crippen LogP contribution in [0.2, 0.25) is 0 Å². The molecule has 2 fully saturated rings. The Morgan fingerprint density at radius 2 is 1.79 bits per heavy atom. The molecule has 0 bridgehead atoms. The summed E-state index contributed by atoms with van der Waals surface area (Å²) in [6, 6.07) is 2.18. The molecule has 6 heteroatoms. The van der Waals surface area contributed by atoms with Crippen molar-refractivity contribution in [3.8, 4) is 0 Å². The molecule has 6 nitrogen and oxygen atoms in total. The average molecular weight is 382 g/mol. The maximum absolute atomic E-state index is 5.61. The van der Waals surface area contributed by atoms with Gasteiger partial charge < -0.3 is 9.42 Å². The Morgan fingerprint density at radius 3 is 2.54 bits per heavy atom.